The van der Waals surface area contributed by atoms with Crippen LogP contribution in [0.25, 0.3) is 0 Å². The second kappa shape index (κ2) is 5.24. The van der Waals surface area contributed by atoms with Crippen LogP contribution in [0.3, 0.4) is 0 Å². The summed E-state index contributed by atoms with van der Waals surface area (Å²) in [5.41, 5.74) is 6.62. The second-order valence-corrected chi connectivity index (χ2v) is 5.43. The molecule has 0 aromatic heterocycles. The Balaban J connectivity index is 2.23. The van der Waals surface area contributed by atoms with Crippen LogP contribution in [0.4, 0.5) is 5.69 Å². The number of halogens is 1. The Morgan fingerprint density at radius 3 is 2.78 bits per heavy atom. The van der Waals surface area contributed by atoms with Crippen molar-refractivity contribution in [3.8, 4) is 5.75 Å². The van der Waals surface area contributed by atoms with Gasteiger partial charge in [-0.05, 0) is 48.2 Å². The third-order valence-corrected chi connectivity index (χ3v) is 3.85. The van der Waals surface area contributed by atoms with E-state index in [0.29, 0.717) is 15.8 Å². The first-order valence-electron chi connectivity index (χ1n) is 5.86. The lowest BCUT2D eigenvalue weighted by Gasteiger charge is -2.19. The number of hydrogen-bond acceptors (Lipinski definition) is 4. The van der Waals surface area contributed by atoms with Crippen molar-refractivity contribution in [1.29, 1.82) is 0 Å². The van der Waals surface area contributed by atoms with Gasteiger partial charge in [-0.1, -0.05) is 0 Å². The van der Waals surface area contributed by atoms with Gasteiger partial charge in [0.25, 0.3) is 5.69 Å². The number of ether oxygens (including phenoxy) is 1. The van der Waals surface area contributed by atoms with Crippen molar-refractivity contribution in [1.82, 2.24) is 0 Å². The van der Waals surface area contributed by atoms with Crippen molar-refractivity contribution < 1.29 is 9.66 Å². The summed E-state index contributed by atoms with van der Waals surface area (Å²) >= 11 is 3.31. The average molecular weight is 315 g/mol. The predicted molar refractivity (Wildman–Crippen MR) is 71.8 cm³/mol. The van der Waals surface area contributed by atoms with Crippen LogP contribution in [0.2, 0.25) is 0 Å². The SMILES string of the molecule is Cc1cc(OC2CCCC2N)c(Br)cc1[N+](=O)[O-]. The highest BCUT2D eigenvalue weighted by atomic mass is 79.9. The minimum atomic E-state index is -0.398. The zero-order valence-electron chi connectivity index (χ0n) is 10.1. The number of nitro groups is 1. The van der Waals surface area contributed by atoms with E-state index in [-0.39, 0.29) is 17.8 Å². The normalized spacial score (nSPS) is 23.1. The molecule has 98 valence electrons. The standard InChI is InChI=1S/C12H15BrN2O3/c1-7-5-12(8(13)6-10(7)15(16)17)18-11-4-2-3-9(11)14/h5-6,9,11H,2-4,14H2,1H3. The van der Waals surface area contributed by atoms with Crippen molar-refractivity contribution in [3.05, 3.63) is 32.3 Å². The van der Waals surface area contributed by atoms with Gasteiger partial charge in [0.2, 0.25) is 0 Å². The molecule has 18 heavy (non-hydrogen) atoms. The Morgan fingerprint density at radius 2 is 2.22 bits per heavy atom. The molecule has 0 heterocycles. The molecule has 1 aliphatic rings. The zero-order valence-corrected chi connectivity index (χ0v) is 11.6. The Morgan fingerprint density at radius 1 is 1.50 bits per heavy atom. The van der Waals surface area contributed by atoms with E-state index < -0.39 is 4.92 Å². The van der Waals surface area contributed by atoms with Crippen LogP contribution in [0.15, 0.2) is 16.6 Å². The topological polar surface area (TPSA) is 78.4 Å². The molecule has 2 atom stereocenters. The maximum absolute atomic E-state index is 10.8. The van der Waals surface area contributed by atoms with E-state index in [1.54, 1.807) is 13.0 Å². The minimum Gasteiger partial charge on any atom is -0.488 e. The molecule has 2 unspecified atom stereocenters. The van der Waals surface area contributed by atoms with Crippen molar-refractivity contribution >= 4 is 21.6 Å². The van der Waals surface area contributed by atoms with E-state index in [1.807, 2.05) is 0 Å². The molecule has 0 saturated heterocycles. The first-order valence-corrected chi connectivity index (χ1v) is 6.65. The number of aryl methyl sites for hydroxylation is 1. The highest BCUT2D eigenvalue weighted by Gasteiger charge is 2.27. The number of nitro benzene ring substituents is 1. The average Bonchev–Trinajstić information content (AvgIpc) is 2.69. The Hall–Kier alpha value is -1.14. The molecule has 0 bridgehead atoms. The fourth-order valence-electron chi connectivity index (χ4n) is 2.20. The lowest BCUT2D eigenvalue weighted by Crippen LogP contribution is -2.33. The minimum absolute atomic E-state index is 0.00200. The van der Waals surface area contributed by atoms with Crippen LogP contribution < -0.4 is 10.5 Å². The highest BCUT2D eigenvalue weighted by molar-refractivity contribution is 9.10. The smallest absolute Gasteiger partial charge is 0.273 e. The van der Waals surface area contributed by atoms with Crippen molar-refractivity contribution in [2.75, 3.05) is 0 Å². The van der Waals surface area contributed by atoms with Crippen LogP contribution in [0, 0.1) is 17.0 Å². The van der Waals surface area contributed by atoms with E-state index in [0.717, 1.165) is 19.3 Å². The second-order valence-electron chi connectivity index (χ2n) is 4.58. The fourth-order valence-corrected chi connectivity index (χ4v) is 2.62. The fraction of sp³-hybridized carbons (Fsp3) is 0.500. The summed E-state index contributed by atoms with van der Waals surface area (Å²) in [6.45, 7) is 1.70. The molecule has 0 aliphatic heterocycles. The summed E-state index contributed by atoms with van der Waals surface area (Å²) in [4.78, 5) is 10.4. The molecule has 6 heteroatoms. The van der Waals surface area contributed by atoms with E-state index in [4.69, 9.17) is 10.5 Å². The van der Waals surface area contributed by atoms with E-state index in [2.05, 4.69) is 15.9 Å². The first kappa shape index (κ1) is 13.3. The highest BCUT2D eigenvalue weighted by Crippen LogP contribution is 2.34. The molecular weight excluding hydrogens is 300 g/mol. The van der Waals surface area contributed by atoms with Gasteiger partial charge >= 0.3 is 0 Å². The first-order chi connectivity index (χ1) is 8.49. The molecule has 0 spiro atoms. The lowest BCUT2D eigenvalue weighted by atomic mass is 10.2. The van der Waals surface area contributed by atoms with Gasteiger partial charge in [0.1, 0.15) is 11.9 Å². The number of benzene rings is 1. The van der Waals surface area contributed by atoms with E-state index in [1.165, 1.54) is 6.07 Å². The maximum atomic E-state index is 10.8. The number of rotatable bonds is 3. The van der Waals surface area contributed by atoms with Gasteiger partial charge in [0.15, 0.2) is 0 Å². The number of nitrogens with zero attached hydrogens (tertiary/aromatic N) is 1. The van der Waals surface area contributed by atoms with Crippen molar-refractivity contribution in [3.63, 3.8) is 0 Å². The predicted octanol–water partition coefficient (Wildman–Crippen LogP) is 2.92. The third-order valence-electron chi connectivity index (χ3n) is 3.23. The Kier molecular flexibility index (Phi) is 3.87. The molecule has 0 radical (unpaired) electrons. The summed E-state index contributed by atoms with van der Waals surface area (Å²) in [6.07, 6.45) is 2.97. The summed E-state index contributed by atoms with van der Waals surface area (Å²) in [5, 5.41) is 10.8. The number of hydrogen-bond donors (Lipinski definition) is 1. The Bertz CT molecular complexity index is 479. The van der Waals surface area contributed by atoms with Gasteiger partial charge in [-0.15, -0.1) is 0 Å². The quantitative estimate of drug-likeness (QED) is 0.687. The monoisotopic (exact) mass is 314 g/mol. The molecule has 2 N–H and O–H groups in total. The van der Waals surface area contributed by atoms with E-state index in [9.17, 15) is 10.1 Å². The molecule has 1 aromatic rings. The molecule has 2 rings (SSSR count). The zero-order chi connectivity index (χ0) is 13.3. The van der Waals surface area contributed by atoms with Crippen LogP contribution in [0.5, 0.6) is 5.75 Å². The van der Waals surface area contributed by atoms with Gasteiger partial charge in [-0.25, -0.2) is 0 Å². The number of nitrogens with two attached hydrogens (primary N) is 1. The van der Waals surface area contributed by atoms with Gasteiger partial charge in [-0.3, -0.25) is 10.1 Å². The Labute approximate surface area is 114 Å². The molecule has 0 amide bonds. The van der Waals surface area contributed by atoms with Crippen LogP contribution in [-0.4, -0.2) is 17.1 Å². The van der Waals surface area contributed by atoms with Crippen LogP contribution in [-0.2, 0) is 0 Å². The molecule has 1 fully saturated rings. The summed E-state index contributed by atoms with van der Waals surface area (Å²) < 4.78 is 6.44. The third kappa shape index (κ3) is 2.64. The lowest BCUT2D eigenvalue weighted by molar-refractivity contribution is -0.385. The van der Waals surface area contributed by atoms with Gasteiger partial charge < -0.3 is 10.5 Å². The van der Waals surface area contributed by atoms with Crippen molar-refractivity contribution in [2.45, 2.75) is 38.3 Å². The van der Waals surface area contributed by atoms with E-state index >= 15 is 0 Å². The molecule has 1 aromatic carbocycles. The molecule has 5 nitrogen and oxygen atoms in total. The van der Waals surface area contributed by atoms with Gasteiger partial charge in [-0.2, -0.15) is 0 Å². The largest absolute Gasteiger partial charge is 0.488 e. The summed E-state index contributed by atoms with van der Waals surface area (Å²) in [6, 6.07) is 3.21. The molecule has 1 aliphatic carbocycles. The van der Waals surface area contributed by atoms with Gasteiger partial charge in [0, 0.05) is 17.7 Å². The maximum Gasteiger partial charge on any atom is 0.273 e. The van der Waals surface area contributed by atoms with Crippen molar-refractivity contribution in [2.24, 2.45) is 5.73 Å². The van der Waals surface area contributed by atoms with Crippen LogP contribution in [0.1, 0.15) is 24.8 Å². The molecular formula is C12H15BrN2O3. The van der Waals surface area contributed by atoms with Crippen LogP contribution >= 0.6 is 15.9 Å². The molecule has 1 saturated carbocycles. The van der Waals surface area contributed by atoms with Gasteiger partial charge in [0.05, 0.1) is 9.40 Å². The summed E-state index contributed by atoms with van der Waals surface area (Å²) in [5.74, 6) is 0.625. The summed E-state index contributed by atoms with van der Waals surface area (Å²) in [7, 11) is 0.